The highest BCUT2D eigenvalue weighted by molar-refractivity contribution is 6.13. The van der Waals surface area contributed by atoms with Crippen LogP contribution in [0, 0.1) is 0 Å². The van der Waals surface area contributed by atoms with Gasteiger partial charge in [-0.2, -0.15) is 0 Å². The number of ketones is 1. The topological polar surface area (TPSA) is 60.4 Å². The maximum Gasteiger partial charge on any atom is 0.204 e. The normalized spacial score (nSPS) is 10.8. The fourth-order valence-electron chi connectivity index (χ4n) is 2.66. The van der Waals surface area contributed by atoms with Crippen LogP contribution in [0.3, 0.4) is 0 Å². The van der Waals surface area contributed by atoms with E-state index in [0.29, 0.717) is 22.3 Å². The molecule has 4 nitrogen and oxygen atoms in total. The molecule has 0 aliphatic carbocycles. The van der Waals surface area contributed by atoms with Crippen molar-refractivity contribution in [3.8, 4) is 11.5 Å². The van der Waals surface area contributed by atoms with Crippen molar-refractivity contribution in [1.29, 1.82) is 0 Å². The Morgan fingerprint density at radius 3 is 2.33 bits per heavy atom. The number of carbonyl (C=O) groups excluding carboxylic acids is 1. The molecule has 0 saturated heterocycles. The van der Waals surface area contributed by atoms with Crippen LogP contribution >= 0.6 is 0 Å². The predicted molar refractivity (Wildman–Crippen MR) is 90.1 cm³/mol. The largest absolute Gasteiger partial charge is 0.461 e. The number of hydrogen-bond donors (Lipinski definition) is 0. The monoisotopic (exact) mass is 316 g/mol. The van der Waals surface area contributed by atoms with Crippen LogP contribution in [0.4, 0.5) is 0 Å². The minimum Gasteiger partial charge on any atom is -0.461 e. The van der Waals surface area contributed by atoms with Crippen LogP contribution in [-0.4, -0.2) is 5.78 Å². The number of para-hydroxylation sites is 1. The van der Waals surface area contributed by atoms with Gasteiger partial charge < -0.3 is 8.83 Å². The smallest absolute Gasteiger partial charge is 0.204 e. The van der Waals surface area contributed by atoms with Crippen molar-refractivity contribution < 1.29 is 13.6 Å². The van der Waals surface area contributed by atoms with Crippen molar-refractivity contribution >= 4 is 16.8 Å². The van der Waals surface area contributed by atoms with E-state index >= 15 is 0 Å². The number of hydrogen-bond acceptors (Lipinski definition) is 4. The summed E-state index contributed by atoms with van der Waals surface area (Å²) in [7, 11) is 0. The molecule has 0 spiro atoms. The van der Waals surface area contributed by atoms with Gasteiger partial charge in [0.15, 0.2) is 11.5 Å². The minimum absolute atomic E-state index is 0.0187. The average molecular weight is 316 g/mol. The maximum absolute atomic E-state index is 12.9. The Balaban J connectivity index is 2.06. The van der Waals surface area contributed by atoms with Gasteiger partial charge in [-0.1, -0.05) is 42.5 Å². The summed E-state index contributed by atoms with van der Waals surface area (Å²) in [4.78, 5) is 25.9. The van der Waals surface area contributed by atoms with Crippen molar-refractivity contribution in [3.63, 3.8) is 0 Å². The van der Waals surface area contributed by atoms with Gasteiger partial charge >= 0.3 is 0 Å². The van der Waals surface area contributed by atoms with E-state index in [1.54, 1.807) is 60.7 Å². The molecule has 2 aromatic carbocycles. The third-order valence-electron chi connectivity index (χ3n) is 3.81. The van der Waals surface area contributed by atoms with Crippen LogP contribution in [0.5, 0.6) is 0 Å². The molecular formula is C20H12O4. The number of furan rings is 1. The second-order valence-electron chi connectivity index (χ2n) is 5.30. The molecule has 0 saturated carbocycles. The molecule has 2 aromatic heterocycles. The Morgan fingerprint density at radius 1 is 0.833 bits per heavy atom. The van der Waals surface area contributed by atoms with Gasteiger partial charge in [-0.25, -0.2) is 0 Å². The quantitative estimate of drug-likeness (QED) is 0.529. The summed E-state index contributed by atoms with van der Waals surface area (Å²) in [5, 5.41) is 0.368. The Bertz CT molecular complexity index is 1070. The molecule has 4 aromatic rings. The first-order valence-electron chi connectivity index (χ1n) is 7.45. The van der Waals surface area contributed by atoms with E-state index in [4.69, 9.17) is 8.83 Å². The van der Waals surface area contributed by atoms with Crippen LogP contribution in [-0.2, 0) is 0 Å². The van der Waals surface area contributed by atoms with Crippen LogP contribution in [0.1, 0.15) is 15.9 Å². The van der Waals surface area contributed by atoms with Crippen molar-refractivity contribution in [3.05, 3.63) is 94.3 Å². The summed E-state index contributed by atoms with van der Waals surface area (Å²) in [5.74, 6) is 0.108. The fraction of sp³-hybridized carbons (Fsp3) is 0. The number of fused-ring (bicyclic) bond motifs is 1. The van der Waals surface area contributed by atoms with Gasteiger partial charge in [0.2, 0.25) is 11.2 Å². The summed E-state index contributed by atoms with van der Waals surface area (Å²) < 4.78 is 11.2. The first kappa shape index (κ1) is 14.2. The van der Waals surface area contributed by atoms with Crippen molar-refractivity contribution in [2.75, 3.05) is 0 Å². The molecule has 24 heavy (non-hydrogen) atoms. The molecule has 2 heterocycles. The Labute approximate surface area is 137 Å². The van der Waals surface area contributed by atoms with Crippen LogP contribution in [0.15, 0.2) is 86.6 Å². The standard InChI is InChI=1S/C20H12O4/c21-18(13-7-2-1-3-8-13)17-19(22)14-9-4-5-10-15(14)24-20(17)16-11-6-12-23-16/h1-12H. The zero-order valence-electron chi connectivity index (χ0n) is 12.6. The first-order valence-corrected chi connectivity index (χ1v) is 7.45. The van der Waals surface area contributed by atoms with Gasteiger partial charge in [0.1, 0.15) is 11.1 Å². The SMILES string of the molecule is O=C(c1ccccc1)c1c(-c2ccco2)oc2ccccc2c1=O. The zero-order valence-corrected chi connectivity index (χ0v) is 12.6. The van der Waals surface area contributed by atoms with Crippen molar-refractivity contribution in [2.24, 2.45) is 0 Å². The van der Waals surface area contributed by atoms with E-state index in [0.717, 1.165) is 0 Å². The summed E-state index contributed by atoms with van der Waals surface area (Å²) in [6.07, 6.45) is 1.47. The summed E-state index contributed by atoms with van der Waals surface area (Å²) in [6.45, 7) is 0. The number of benzene rings is 2. The summed E-state index contributed by atoms with van der Waals surface area (Å²) in [5.41, 5.74) is 0.457. The molecule has 4 rings (SSSR count). The molecule has 0 radical (unpaired) electrons. The average Bonchev–Trinajstić information content (AvgIpc) is 3.16. The Morgan fingerprint density at radius 2 is 1.58 bits per heavy atom. The van der Waals surface area contributed by atoms with Gasteiger partial charge in [0.05, 0.1) is 11.6 Å². The van der Waals surface area contributed by atoms with E-state index in [1.165, 1.54) is 6.26 Å². The molecule has 0 fully saturated rings. The highest BCUT2D eigenvalue weighted by atomic mass is 16.4. The lowest BCUT2D eigenvalue weighted by atomic mass is 9.99. The molecule has 0 aliphatic rings. The van der Waals surface area contributed by atoms with Crippen molar-refractivity contribution in [2.45, 2.75) is 0 Å². The minimum atomic E-state index is -0.387. The third-order valence-corrected chi connectivity index (χ3v) is 3.81. The van der Waals surface area contributed by atoms with E-state index in [1.807, 2.05) is 6.07 Å². The van der Waals surface area contributed by atoms with E-state index in [2.05, 4.69) is 0 Å². The highest BCUT2D eigenvalue weighted by Gasteiger charge is 2.24. The first-order chi connectivity index (χ1) is 11.8. The third kappa shape index (κ3) is 2.25. The molecular weight excluding hydrogens is 304 g/mol. The molecule has 0 atom stereocenters. The van der Waals surface area contributed by atoms with Crippen LogP contribution in [0.2, 0.25) is 0 Å². The molecule has 0 N–H and O–H groups in total. The molecule has 4 heteroatoms. The number of rotatable bonds is 3. The van der Waals surface area contributed by atoms with E-state index in [9.17, 15) is 9.59 Å². The Hall–Kier alpha value is -3.40. The molecule has 116 valence electrons. The number of carbonyl (C=O) groups is 1. The zero-order chi connectivity index (χ0) is 16.5. The van der Waals surface area contributed by atoms with Gasteiger partial charge in [0, 0.05) is 5.56 Å². The lowest BCUT2D eigenvalue weighted by Crippen LogP contribution is -2.17. The van der Waals surface area contributed by atoms with Crippen LogP contribution in [0.25, 0.3) is 22.5 Å². The van der Waals surface area contributed by atoms with Crippen LogP contribution < -0.4 is 5.43 Å². The second-order valence-corrected chi connectivity index (χ2v) is 5.30. The predicted octanol–water partition coefficient (Wildman–Crippen LogP) is 4.28. The van der Waals surface area contributed by atoms with E-state index in [-0.39, 0.29) is 22.5 Å². The maximum atomic E-state index is 12.9. The Kier molecular flexibility index (Phi) is 3.35. The molecule has 0 unspecified atom stereocenters. The fourth-order valence-corrected chi connectivity index (χ4v) is 2.66. The van der Waals surface area contributed by atoms with Gasteiger partial charge in [-0.05, 0) is 24.3 Å². The lowest BCUT2D eigenvalue weighted by molar-refractivity contribution is 0.103. The van der Waals surface area contributed by atoms with Gasteiger partial charge in [0.25, 0.3) is 0 Å². The summed E-state index contributed by atoms with van der Waals surface area (Å²) >= 11 is 0. The molecule has 0 aliphatic heterocycles. The second kappa shape index (κ2) is 5.66. The lowest BCUT2D eigenvalue weighted by Gasteiger charge is -2.07. The van der Waals surface area contributed by atoms with Gasteiger partial charge in [-0.3, -0.25) is 9.59 Å². The van der Waals surface area contributed by atoms with Crippen molar-refractivity contribution in [1.82, 2.24) is 0 Å². The molecule has 0 bridgehead atoms. The summed E-state index contributed by atoms with van der Waals surface area (Å²) in [6, 6.07) is 18.9. The highest BCUT2D eigenvalue weighted by Crippen LogP contribution is 2.27. The molecule has 0 amide bonds. The van der Waals surface area contributed by atoms with E-state index < -0.39 is 0 Å². The van der Waals surface area contributed by atoms with Gasteiger partial charge in [-0.15, -0.1) is 0 Å².